The molecule has 0 bridgehead atoms. The number of nitrogens with zero attached hydrogens (tertiary/aromatic N) is 4. The summed E-state index contributed by atoms with van der Waals surface area (Å²) in [7, 11) is 0. The summed E-state index contributed by atoms with van der Waals surface area (Å²) in [4.78, 5) is 0. The van der Waals surface area contributed by atoms with Gasteiger partial charge in [0, 0.05) is 11.4 Å². The molecule has 0 saturated carbocycles. The van der Waals surface area contributed by atoms with Crippen molar-refractivity contribution < 1.29 is 0 Å². The quantitative estimate of drug-likeness (QED) is 0.713. The molecule has 0 aliphatic rings. The van der Waals surface area contributed by atoms with Crippen molar-refractivity contribution in [2.24, 2.45) is 0 Å². The zero-order valence-corrected chi connectivity index (χ0v) is 12.3. The maximum absolute atomic E-state index is 4.58. The number of aryl methyl sites for hydroxylation is 4. The number of para-hydroxylation sites is 2. The molecule has 3 aromatic rings. The summed E-state index contributed by atoms with van der Waals surface area (Å²) in [6.45, 7) is 8.15. The van der Waals surface area contributed by atoms with Crippen LogP contribution in [0.4, 0.5) is 0 Å². The van der Waals surface area contributed by atoms with Gasteiger partial charge in [0.15, 0.2) is 0 Å². The molecule has 0 radical (unpaired) electrons. The topological polar surface area (TPSA) is 35.6 Å². The minimum Gasteiger partial charge on any atom is -0.236 e. The van der Waals surface area contributed by atoms with Gasteiger partial charge in [-0.2, -0.15) is 10.2 Å². The first kappa shape index (κ1) is 12.7. The molecule has 0 saturated heterocycles. The summed E-state index contributed by atoms with van der Waals surface area (Å²) < 4.78 is 3.95. The van der Waals surface area contributed by atoms with Crippen LogP contribution in [0.15, 0.2) is 36.4 Å². The van der Waals surface area contributed by atoms with Crippen LogP contribution in [0.3, 0.4) is 0 Å². The van der Waals surface area contributed by atoms with Gasteiger partial charge in [-0.25, -0.2) is 9.36 Å². The molecule has 0 fully saturated rings. The van der Waals surface area contributed by atoms with E-state index in [2.05, 4.69) is 48.3 Å². The molecule has 0 aliphatic heterocycles. The van der Waals surface area contributed by atoms with Crippen LogP contribution >= 0.6 is 0 Å². The third-order valence-corrected chi connectivity index (χ3v) is 3.36. The summed E-state index contributed by atoms with van der Waals surface area (Å²) in [5, 5.41) is 9.16. The van der Waals surface area contributed by atoms with Crippen LogP contribution in [0.25, 0.3) is 11.4 Å². The lowest BCUT2D eigenvalue weighted by Gasteiger charge is -2.12. The van der Waals surface area contributed by atoms with Crippen molar-refractivity contribution in [3.8, 4) is 11.4 Å². The van der Waals surface area contributed by atoms with Gasteiger partial charge >= 0.3 is 0 Å². The summed E-state index contributed by atoms with van der Waals surface area (Å²) >= 11 is 0. The van der Waals surface area contributed by atoms with E-state index < -0.39 is 0 Å². The Morgan fingerprint density at radius 3 is 1.40 bits per heavy atom. The van der Waals surface area contributed by atoms with Gasteiger partial charge < -0.3 is 0 Å². The zero-order chi connectivity index (χ0) is 14.3. The summed E-state index contributed by atoms with van der Waals surface area (Å²) in [6.07, 6.45) is 0. The van der Waals surface area contributed by atoms with Crippen molar-refractivity contribution in [1.29, 1.82) is 0 Å². The zero-order valence-electron chi connectivity index (χ0n) is 12.3. The number of aromatic nitrogens is 4. The van der Waals surface area contributed by atoms with E-state index in [1.165, 1.54) is 0 Å². The number of hydrogen-bond acceptors (Lipinski definition) is 2. The Hall–Kier alpha value is -2.36. The number of hydrogen-bond donors (Lipinski definition) is 0. The van der Waals surface area contributed by atoms with Gasteiger partial charge in [-0.05, 0) is 52.0 Å². The van der Waals surface area contributed by atoms with Gasteiger partial charge in [-0.3, -0.25) is 0 Å². The summed E-state index contributed by atoms with van der Waals surface area (Å²) in [5.41, 5.74) is 6.37. The highest BCUT2D eigenvalue weighted by atomic mass is 15.3. The minimum absolute atomic E-state index is 1.02. The van der Waals surface area contributed by atoms with E-state index in [-0.39, 0.29) is 0 Å². The number of rotatable bonds is 2. The van der Waals surface area contributed by atoms with E-state index in [0.717, 1.165) is 34.2 Å². The van der Waals surface area contributed by atoms with E-state index in [1.54, 1.807) is 0 Å². The maximum atomic E-state index is 4.58. The van der Waals surface area contributed by atoms with Crippen LogP contribution in [0, 0.1) is 27.7 Å². The molecule has 0 amide bonds. The fourth-order valence-corrected chi connectivity index (χ4v) is 2.57. The molecule has 2 heterocycles. The smallest absolute Gasteiger partial charge is 0.0905 e. The average Bonchev–Trinajstić information content (AvgIpc) is 2.91. The molecule has 4 nitrogen and oxygen atoms in total. The SMILES string of the molecule is Cc1cc(C)n(-c2ccccc2-n2nc(C)cc2C)n1. The summed E-state index contributed by atoms with van der Waals surface area (Å²) in [6, 6.07) is 12.4. The van der Waals surface area contributed by atoms with Gasteiger partial charge in [-0.15, -0.1) is 0 Å². The first-order chi connectivity index (χ1) is 9.56. The Morgan fingerprint density at radius 2 is 1.10 bits per heavy atom. The lowest BCUT2D eigenvalue weighted by molar-refractivity contribution is 0.784. The van der Waals surface area contributed by atoms with E-state index in [9.17, 15) is 0 Å². The molecule has 4 heteroatoms. The Balaban J connectivity index is 2.23. The van der Waals surface area contributed by atoms with Gasteiger partial charge in [0.25, 0.3) is 0 Å². The Bertz CT molecular complexity index is 699. The van der Waals surface area contributed by atoms with Crippen molar-refractivity contribution in [3.63, 3.8) is 0 Å². The fraction of sp³-hybridized carbons (Fsp3) is 0.250. The highest BCUT2D eigenvalue weighted by Gasteiger charge is 2.12. The molecule has 0 atom stereocenters. The molecule has 0 aliphatic carbocycles. The Kier molecular flexibility index (Phi) is 2.93. The fourth-order valence-electron chi connectivity index (χ4n) is 2.57. The normalized spacial score (nSPS) is 11.0. The van der Waals surface area contributed by atoms with Crippen LogP contribution in [-0.2, 0) is 0 Å². The maximum Gasteiger partial charge on any atom is 0.0905 e. The van der Waals surface area contributed by atoms with Crippen LogP contribution in [0.5, 0.6) is 0 Å². The second-order valence-corrected chi connectivity index (χ2v) is 5.17. The van der Waals surface area contributed by atoms with Gasteiger partial charge in [-0.1, -0.05) is 12.1 Å². The van der Waals surface area contributed by atoms with Gasteiger partial charge in [0.1, 0.15) is 0 Å². The average molecular weight is 266 g/mol. The third kappa shape index (κ3) is 2.03. The lowest BCUT2D eigenvalue weighted by Crippen LogP contribution is -2.07. The van der Waals surface area contributed by atoms with Crippen molar-refractivity contribution in [2.45, 2.75) is 27.7 Å². The molecule has 1 aromatic carbocycles. The largest absolute Gasteiger partial charge is 0.236 e. The van der Waals surface area contributed by atoms with Crippen molar-refractivity contribution in [3.05, 3.63) is 59.2 Å². The van der Waals surface area contributed by atoms with Crippen LogP contribution in [0.2, 0.25) is 0 Å². The van der Waals surface area contributed by atoms with Crippen molar-refractivity contribution in [2.75, 3.05) is 0 Å². The van der Waals surface area contributed by atoms with E-state index in [4.69, 9.17) is 0 Å². The first-order valence-electron chi connectivity index (χ1n) is 6.72. The highest BCUT2D eigenvalue weighted by Crippen LogP contribution is 2.21. The van der Waals surface area contributed by atoms with Crippen molar-refractivity contribution in [1.82, 2.24) is 19.6 Å². The molecular formula is C16H18N4. The molecule has 2 aromatic heterocycles. The Labute approximate surface area is 118 Å². The Morgan fingerprint density at radius 1 is 0.700 bits per heavy atom. The van der Waals surface area contributed by atoms with Gasteiger partial charge in [0.05, 0.1) is 22.8 Å². The first-order valence-corrected chi connectivity index (χ1v) is 6.72. The molecule has 3 rings (SSSR count). The predicted octanol–water partition coefficient (Wildman–Crippen LogP) is 3.29. The van der Waals surface area contributed by atoms with E-state index in [0.29, 0.717) is 0 Å². The van der Waals surface area contributed by atoms with Crippen LogP contribution in [0.1, 0.15) is 22.8 Å². The molecule has 0 unspecified atom stereocenters. The minimum atomic E-state index is 1.02. The highest BCUT2D eigenvalue weighted by molar-refractivity contribution is 5.53. The summed E-state index contributed by atoms with van der Waals surface area (Å²) in [5.74, 6) is 0. The third-order valence-electron chi connectivity index (χ3n) is 3.36. The van der Waals surface area contributed by atoms with Gasteiger partial charge in [0.2, 0.25) is 0 Å². The standard InChI is InChI=1S/C16H18N4/c1-11-9-13(3)19(17-11)15-7-5-6-8-16(15)20-14(4)10-12(2)18-20/h5-10H,1-4H3. The number of benzene rings is 1. The molecule has 102 valence electrons. The lowest BCUT2D eigenvalue weighted by atomic mass is 10.2. The molecule has 0 spiro atoms. The second kappa shape index (κ2) is 4.63. The predicted molar refractivity (Wildman–Crippen MR) is 79.6 cm³/mol. The van der Waals surface area contributed by atoms with E-state index in [1.807, 2.05) is 35.3 Å². The van der Waals surface area contributed by atoms with E-state index >= 15 is 0 Å². The molecule has 0 N–H and O–H groups in total. The van der Waals surface area contributed by atoms with Crippen LogP contribution in [-0.4, -0.2) is 19.6 Å². The van der Waals surface area contributed by atoms with Crippen molar-refractivity contribution >= 4 is 0 Å². The monoisotopic (exact) mass is 266 g/mol. The molecular weight excluding hydrogens is 248 g/mol. The second-order valence-electron chi connectivity index (χ2n) is 5.17. The van der Waals surface area contributed by atoms with Crippen LogP contribution < -0.4 is 0 Å². The molecule has 20 heavy (non-hydrogen) atoms.